The summed E-state index contributed by atoms with van der Waals surface area (Å²) >= 11 is 0. The van der Waals surface area contributed by atoms with Gasteiger partial charge in [-0.1, -0.05) is 6.92 Å². The van der Waals surface area contributed by atoms with Gasteiger partial charge in [-0.2, -0.15) is 0 Å². The molecule has 0 aromatic rings. The van der Waals surface area contributed by atoms with E-state index in [-0.39, 0.29) is 23.7 Å². The zero-order valence-corrected chi connectivity index (χ0v) is 11.1. The average Bonchev–Trinajstić information content (AvgIpc) is 2.34. The molecular formula is C13H23N3O2. The van der Waals surface area contributed by atoms with Gasteiger partial charge in [0.25, 0.3) is 0 Å². The summed E-state index contributed by atoms with van der Waals surface area (Å²) in [7, 11) is 0. The van der Waals surface area contributed by atoms with Crippen LogP contribution in [0.3, 0.4) is 0 Å². The van der Waals surface area contributed by atoms with Gasteiger partial charge in [0, 0.05) is 32.7 Å². The van der Waals surface area contributed by atoms with Crippen LogP contribution in [-0.4, -0.2) is 49.4 Å². The van der Waals surface area contributed by atoms with Gasteiger partial charge >= 0.3 is 0 Å². The molecule has 5 heteroatoms. The molecular weight excluding hydrogens is 230 g/mol. The number of nitrogens with one attached hydrogen (secondary N) is 2. The number of rotatable bonds is 4. The number of likely N-dealkylation sites (tertiary alicyclic amines) is 1. The molecule has 2 rings (SSSR count). The van der Waals surface area contributed by atoms with Crippen LogP contribution in [0.2, 0.25) is 0 Å². The SMILES string of the molecule is CCCNC(=O)C1CCCN(C(=O)C2CNC2)C1. The van der Waals surface area contributed by atoms with Crippen molar-refractivity contribution in [3.8, 4) is 0 Å². The van der Waals surface area contributed by atoms with Crippen LogP contribution in [0.5, 0.6) is 0 Å². The molecule has 1 atom stereocenters. The summed E-state index contributed by atoms with van der Waals surface area (Å²) in [4.78, 5) is 25.9. The predicted octanol–water partition coefficient (Wildman–Crippen LogP) is -0.0294. The quantitative estimate of drug-likeness (QED) is 0.739. The second kappa shape index (κ2) is 6.18. The molecule has 2 heterocycles. The highest BCUT2D eigenvalue weighted by Crippen LogP contribution is 2.19. The summed E-state index contributed by atoms with van der Waals surface area (Å²) < 4.78 is 0. The van der Waals surface area contributed by atoms with Crippen molar-refractivity contribution in [2.24, 2.45) is 11.8 Å². The zero-order valence-electron chi connectivity index (χ0n) is 11.1. The lowest BCUT2D eigenvalue weighted by atomic mass is 9.94. The summed E-state index contributed by atoms with van der Waals surface area (Å²) in [6.07, 6.45) is 2.80. The van der Waals surface area contributed by atoms with Gasteiger partial charge in [-0.25, -0.2) is 0 Å². The van der Waals surface area contributed by atoms with E-state index in [1.54, 1.807) is 0 Å². The summed E-state index contributed by atoms with van der Waals surface area (Å²) in [5.41, 5.74) is 0. The maximum Gasteiger partial charge on any atom is 0.228 e. The van der Waals surface area contributed by atoms with Gasteiger partial charge in [0.2, 0.25) is 11.8 Å². The van der Waals surface area contributed by atoms with Gasteiger partial charge in [-0.15, -0.1) is 0 Å². The third-order valence-corrected chi connectivity index (χ3v) is 3.78. The summed E-state index contributed by atoms with van der Waals surface area (Å²) in [6, 6.07) is 0. The van der Waals surface area contributed by atoms with Crippen molar-refractivity contribution in [1.82, 2.24) is 15.5 Å². The van der Waals surface area contributed by atoms with Gasteiger partial charge in [-0.05, 0) is 19.3 Å². The molecule has 2 aliphatic heterocycles. The predicted molar refractivity (Wildman–Crippen MR) is 69.0 cm³/mol. The third-order valence-electron chi connectivity index (χ3n) is 3.78. The van der Waals surface area contributed by atoms with Crippen molar-refractivity contribution in [2.75, 3.05) is 32.7 Å². The number of amides is 2. The zero-order chi connectivity index (χ0) is 13.0. The van der Waals surface area contributed by atoms with Gasteiger partial charge in [0.1, 0.15) is 0 Å². The first-order chi connectivity index (χ1) is 8.72. The molecule has 0 aromatic heterocycles. The first-order valence-electron chi connectivity index (χ1n) is 6.99. The van der Waals surface area contributed by atoms with E-state index in [4.69, 9.17) is 0 Å². The Balaban J connectivity index is 1.83. The van der Waals surface area contributed by atoms with E-state index in [2.05, 4.69) is 10.6 Å². The summed E-state index contributed by atoms with van der Waals surface area (Å²) in [6.45, 7) is 5.78. The fourth-order valence-electron chi connectivity index (χ4n) is 2.51. The Bertz CT molecular complexity index is 315. The van der Waals surface area contributed by atoms with Crippen molar-refractivity contribution in [3.63, 3.8) is 0 Å². The maximum atomic E-state index is 12.1. The molecule has 0 saturated carbocycles. The number of hydrogen-bond acceptors (Lipinski definition) is 3. The first-order valence-corrected chi connectivity index (χ1v) is 6.99. The van der Waals surface area contributed by atoms with Crippen molar-refractivity contribution < 1.29 is 9.59 Å². The van der Waals surface area contributed by atoms with Crippen LogP contribution < -0.4 is 10.6 Å². The molecule has 0 radical (unpaired) electrons. The fourth-order valence-corrected chi connectivity index (χ4v) is 2.51. The highest BCUT2D eigenvalue weighted by molar-refractivity contribution is 5.83. The largest absolute Gasteiger partial charge is 0.356 e. The van der Waals surface area contributed by atoms with Crippen LogP contribution in [0, 0.1) is 11.8 Å². The lowest BCUT2D eigenvalue weighted by molar-refractivity contribution is -0.140. The summed E-state index contributed by atoms with van der Waals surface area (Å²) in [5.74, 6) is 0.465. The number of piperidine rings is 1. The summed E-state index contributed by atoms with van der Waals surface area (Å²) in [5, 5.41) is 6.05. The molecule has 0 spiro atoms. The molecule has 5 nitrogen and oxygen atoms in total. The highest BCUT2D eigenvalue weighted by Gasteiger charge is 2.33. The lowest BCUT2D eigenvalue weighted by Crippen LogP contribution is -2.55. The Morgan fingerprint density at radius 1 is 1.33 bits per heavy atom. The molecule has 2 aliphatic rings. The number of carbonyl (C=O) groups is 2. The van der Waals surface area contributed by atoms with E-state index in [9.17, 15) is 9.59 Å². The van der Waals surface area contributed by atoms with E-state index in [1.807, 2.05) is 11.8 Å². The maximum absolute atomic E-state index is 12.1. The molecule has 2 saturated heterocycles. The Labute approximate surface area is 108 Å². The Morgan fingerprint density at radius 3 is 2.72 bits per heavy atom. The molecule has 18 heavy (non-hydrogen) atoms. The van der Waals surface area contributed by atoms with Crippen LogP contribution in [0.15, 0.2) is 0 Å². The number of hydrogen-bond donors (Lipinski definition) is 2. The minimum absolute atomic E-state index is 0.0118. The van der Waals surface area contributed by atoms with E-state index in [0.717, 1.165) is 45.4 Å². The van der Waals surface area contributed by atoms with Crippen molar-refractivity contribution in [2.45, 2.75) is 26.2 Å². The average molecular weight is 253 g/mol. The van der Waals surface area contributed by atoms with Crippen molar-refractivity contribution >= 4 is 11.8 Å². The Hall–Kier alpha value is -1.10. The van der Waals surface area contributed by atoms with Gasteiger partial charge < -0.3 is 15.5 Å². The number of nitrogens with zero attached hydrogens (tertiary/aromatic N) is 1. The van der Waals surface area contributed by atoms with Crippen molar-refractivity contribution in [3.05, 3.63) is 0 Å². The molecule has 2 fully saturated rings. The lowest BCUT2D eigenvalue weighted by Gasteiger charge is -2.37. The monoisotopic (exact) mass is 253 g/mol. The second-order valence-electron chi connectivity index (χ2n) is 5.27. The van der Waals surface area contributed by atoms with E-state index < -0.39 is 0 Å². The highest BCUT2D eigenvalue weighted by atomic mass is 16.2. The topological polar surface area (TPSA) is 61.4 Å². The first kappa shape index (κ1) is 13.3. The standard InChI is InChI=1S/C13H23N3O2/c1-2-5-15-12(17)10-4-3-6-16(9-10)13(18)11-7-14-8-11/h10-11,14H,2-9H2,1H3,(H,15,17). The normalized spacial score (nSPS) is 24.5. The van der Waals surface area contributed by atoms with Crippen LogP contribution in [0.1, 0.15) is 26.2 Å². The minimum Gasteiger partial charge on any atom is -0.356 e. The Kier molecular flexibility index (Phi) is 4.58. The molecule has 0 bridgehead atoms. The second-order valence-corrected chi connectivity index (χ2v) is 5.27. The minimum atomic E-state index is -0.0118. The molecule has 0 aliphatic carbocycles. The van der Waals surface area contributed by atoms with Crippen LogP contribution in [0.4, 0.5) is 0 Å². The van der Waals surface area contributed by atoms with Gasteiger partial charge in [0.15, 0.2) is 0 Å². The smallest absolute Gasteiger partial charge is 0.228 e. The third kappa shape index (κ3) is 3.02. The molecule has 2 amide bonds. The van der Waals surface area contributed by atoms with Gasteiger partial charge in [-0.3, -0.25) is 9.59 Å². The van der Waals surface area contributed by atoms with E-state index >= 15 is 0 Å². The molecule has 2 N–H and O–H groups in total. The van der Waals surface area contributed by atoms with E-state index in [1.165, 1.54) is 0 Å². The Morgan fingerprint density at radius 2 is 2.11 bits per heavy atom. The van der Waals surface area contributed by atoms with Crippen LogP contribution in [-0.2, 0) is 9.59 Å². The van der Waals surface area contributed by atoms with E-state index in [0.29, 0.717) is 6.54 Å². The fraction of sp³-hybridized carbons (Fsp3) is 0.846. The van der Waals surface area contributed by atoms with Crippen LogP contribution in [0.25, 0.3) is 0 Å². The van der Waals surface area contributed by atoms with Crippen molar-refractivity contribution in [1.29, 1.82) is 0 Å². The molecule has 1 unspecified atom stereocenters. The molecule has 102 valence electrons. The molecule has 0 aromatic carbocycles. The number of carbonyl (C=O) groups excluding carboxylic acids is 2. The van der Waals surface area contributed by atoms with Crippen LogP contribution >= 0.6 is 0 Å². The van der Waals surface area contributed by atoms with Gasteiger partial charge in [0.05, 0.1) is 11.8 Å².